The minimum atomic E-state index is -3.70. The van der Waals surface area contributed by atoms with E-state index in [0.717, 1.165) is 21.9 Å². The molecule has 0 bridgehead atoms. The van der Waals surface area contributed by atoms with Gasteiger partial charge >= 0.3 is 0 Å². The van der Waals surface area contributed by atoms with Gasteiger partial charge in [-0.25, -0.2) is 8.42 Å². The Hall–Kier alpha value is -2.10. The zero-order valence-electron chi connectivity index (χ0n) is 17.3. The molecule has 0 radical (unpaired) electrons. The van der Waals surface area contributed by atoms with Crippen LogP contribution >= 0.6 is 23.4 Å². The van der Waals surface area contributed by atoms with E-state index < -0.39 is 16.1 Å². The van der Waals surface area contributed by atoms with Crippen LogP contribution in [0.5, 0.6) is 11.5 Å². The summed E-state index contributed by atoms with van der Waals surface area (Å²) in [6.45, 7) is 2.82. The molecule has 2 aromatic carbocycles. The van der Waals surface area contributed by atoms with Crippen LogP contribution in [-0.4, -0.2) is 52.1 Å². The molecule has 0 aliphatic carbocycles. The van der Waals surface area contributed by atoms with Crippen molar-refractivity contribution in [3.8, 4) is 11.5 Å². The lowest BCUT2D eigenvalue weighted by Crippen LogP contribution is -2.48. The highest BCUT2D eigenvalue weighted by atomic mass is 35.5. The maximum absolute atomic E-state index is 12.7. The molecule has 7 nitrogen and oxygen atoms in total. The van der Waals surface area contributed by atoms with Gasteiger partial charge < -0.3 is 14.8 Å². The molecule has 1 N–H and O–H groups in total. The lowest BCUT2D eigenvalue weighted by atomic mass is 10.2. The summed E-state index contributed by atoms with van der Waals surface area (Å²) in [5, 5.41) is 3.52. The predicted molar refractivity (Wildman–Crippen MR) is 125 cm³/mol. The maximum Gasteiger partial charge on any atom is 0.243 e. The Morgan fingerprint density at radius 3 is 2.52 bits per heavy atom. The quantitative estimate of drug-likeness (QED) is 0.549. The number of carbonyl (C=O) groups excluding carboxylic acids is 1. The average molecular weight is 485 g/mol. The second kappa shape index (κ2) is 10.5. The van der Waals surface area contributed by atoms with Crippen molar-refractivity contribution in [2.24, 2.45) is 0 Å². The lowest BCUT2D eigenvalue weighted by molar-refractivity contribution is -0.121. The van der Waals surface area contributed by atoms with Crippen LogP contribution in [0.4, 0.5) is 5.69 Å². The summed E-state index contributed by atoms with van der Waals surface area (Å²) >= 11 is 7.55. The summed E-state index contributed by atoms with van der Waals surface area (Å²) in [5.41, 5.74) is 1.50. The van der Waals surface area contributed by atoms with Crippen LogP contribution in [-0.2, 0) is 20.6 Å². The van der Waals surface area contributed by atoms with Gasteiger partial charge in [0.2, 0.25) is 15.9 Å². The number of hydrogen-bond acceptors (Lipinski definition) is 6. The van der Waals surface area contributed by atoms with Gasteiger partial charge in [0.15, 0.2) is 11.5 Å². The van der Waals surface area contributed by atoms with Crippen molar-refractivity contribution in [2.75, 3.05) is 36.1 Å². The van der Waals surface area contributed by atoms with Crippen LogP contribution in [0.1, 0.15) is 12.5 Å². The number of halogens is 1. The highest BCUT2D eigenvalue weighted by Gasteiger charge is 2.30. The number of sulfonamides is 1. The van der Waals surface area contributed by atoms with Crippen LogP contribution in [0.2, 0.25) is 5.02 Å². The first kappa shape index (κ1) is 23.6. The number of amides is 1. The third-order valence-electron chi connectivity index (χ3n) is 4.60. The van der Waals surface area contributed by atoms with E-state index in [4.69, 9.17) is 21.1 Å². The molecule has 0 fully saturated rings. The molecule has 1 amide bonds. The van der Waals surface area contributed by atoms with Crippen LogP contribution < -0.4 is 19.1 Å². The SMILES string of the molecule is C[C@H](C(=O)NCCSCc1ccc(Cl)cc1)N(c1ccc2c(c1)OCCO2)S(C)(=O)=O. The number of benzene rings is 2. The van der Waals surface area contributed by atoms with E-state index in [1.807, 2.05) is 24.3 Å². The number of thioether (sulfide) groups is 1. The summed E-state index contributed by atoms with van der Waals surface area (Å²) < 4.78 is 37.1. The van der Waals surface area contributed by atoms with Crippen LogP contribution in [0.25, 0.3) is 0 Å². The van der Waals surface area contributed by atoms with Gasteiger partial charge in [-0.05, 0) is 36.8 Å². The van der Waals surface area contributed by atoms with E-state index in [0.29, 0.717) is 47.7 Å². The number of fused-ring (bicyclic) bond motifs is 1. The molecule has 10 heteroatoms. The first-order valence-corrected chi connectivity index (χ1v) is 13.1. The summed E-state index contributed by atoms with van der Waals surface area (Å²) in [6.07, 6.45) is 1.08. The second-order valence-electron chi connectivity index (χ2n) is 7.03. The molecule has 168 valence electrons. The standard InChI is InChI=1S/C21H25ClN2O5S2/c1-15(21(25)23-9-12-30-14-16-3-5-17(22)6-4-16)24(31(2,26)27)18-7-8-19-20(13-18)29-11-10-28-19/h3-8,13,15H,9-12,14H2,1-2H3,(H,23,25)/t15-/m1/s1. The van der Waals surface area contributed by atoms with Gasteiger partial charge in [0.05, 0.1) is 11.9 Å². The molecule has 1 atom stereocenters. The number of hydrogen-bond donors (Lipinski definition) is 1. The molecule has 0 saturated carbocycles. The first-order valence-electron chi connectivity index (χ1n) is 9.74. The Morgan fingerprint density at radius 2 is 1.84 bits per heavy atom. The Bertz CT molecular complexity index is 1010. The van der Waals surface area contributed by atoms with Gasteiger partial charge in [-0.3, -0.25) is 9.10 Å². The topological polar surface area (TPSA) is 84.9 Å². The molecule has 3 rings (SSSR count). The average Bonchev–Trinajstić information content (AvgIpc) is 2.73. The van der Waals surface area contributed by atoms with Crippen molar-refractivity contribution in [2.45, 2.75) is 18.7 Å². The molecular weight excluding hydrogens is 460 g/mol. The van der Waals surface area contributed by atoms with Crippen molar-refractivity contribution in [3.05, 3.63) is 53.1 Å². The fraction of sp³-hybridized carbons (Fsp3) is 0.381. The second-order valence-corrected chi connectivity index (χ2v) is 10.4. The minimum absolute atomic E-state index is 0.353. The Morgan fingerprint density at radius 1 is 1.16 bits per heavy atom. The number of rotatable bonds is 9. The largest absolute Gasteiger partial charge is 0.486 e. The van der Waals surface area contributed by atoms with E-state index in [9.17, 15) is 13.2 Å². The minimum Gasteiger partial charge on any atom is -0.486 e. The van der Waals surface area contributed by atoms with Gasteiger partial charge in [0, 0.05) is 29.1 Å². The molecule has 0 aromatic heterocycles. The van der Waals surface area contributed by atoms with Crippen LogP contribution in [0, 0.1) is 0 Å². The highest BCUT2D eigenvalue weighted by Crippen LogP contribution is 2.35. The number of nitrogens with one attached hydrogen (secondary N) is 1. The maximum atomic E-state index is 12.7. The molecule has 0 unspecified atom stereocenters. The van der Waals surface area contributed by atoms with Crippen molar-refractivity contribution in [1.29, 1.82) is 0 Å². The number of ether oxygens (including phenoxy) is 2. The third-order valence-corrected chi connectivity index (χ3v) is 7.12. The van der Waals surface area contributed by atoms with Gasteiger partial charge in [-0.2, -0.15) is 11.8 Å². The van der Waals surface area contributed by atoms with Gasteiger partial charge in [-0.1, -0.05) is 23.7 Å². The van der Waals surface area contributed by atoms with E-state index in [2.05, 4.69) is 5.32 Å². The molecule has 0 saturated heterocycles. The molecule has 31 heavy (non-hydrogen) atoms. The molecular formula is C21H25ClN2O5S2. The fourth-order valence-corrected chi connectivity index (χ4v) is 5.25. The number of anilines is 1. The molecule has 1 aliphatic rings. The van der Waals surface area contributed by atoms with Crippen molar-refractivity contribution >= 4 is 45.0 Å². The van der Waals surface area contributed by atoms with Crippen LogP contribution in [0.3, 0.4) is 0 Å². The van der Waals surface area contributed by atoms with Gasteiger partial charge in [0.25, 0.3) is 0 Å². The monoisotopic (exact) mass is 484 g/mol. The summed E-state index contributed by atoms with van der Waals surface area (Å²) in [7, 11) is -3.70. The third kappa shape index (κ3) is 6.44. The van der Waals surface area contributed by atoms with Crippen molar-refractivity contribution < 1.29 is 22.7 Å². The van der Waals surface area contributed by atoms with Gasteiger partial charge in [-0.15, -0.1) is 0 Å². The van der Waals surface area contributed by atoms with Gasteiger partial charge in [0.1, 0.15) is 19.3 Å². The summed E-state index contributed by atoms with van der Waals surface area (Å²) in [6, 6.07) is 11.6. The Kier molecular flexibility index (Phi) is 7.96. The fourth-order valence-electron chi connectivity index (χ4n) is 3.14. The summed E-state index contributed by atoms with van der Waals surface area (Å²) in [5.74, 6) is 2.15. The normalized spacial score (nSPS) is 14.0. The molecule has 2 aromatic rings. The van der Waals surface area contributed by atoms with Crippen molar-refractivity contribution in [3.63, 3.8) is 0 Å². The van der Waals surface area contributed by atoms with E-state index in [-0.39, 0.29) is 5.91 Å². The zero-order chi connectivity index (χ0) is 22.4. The number of nitrogens with zero attached hydrogens (tertiary/aromatic N) is 1. The lowest BCUT2D eigenvalue weighted by Gasteiger charge is -2.29. The van der Waals surface area contributed by atoms with E-state index in [1.165, 1.54) is 0 Å². The Labute approximate surface area is 192 Å². The zero-order valence-corrected chi connectivity index (χ0v) is 19.7. The summed E-state index contributed by atoms with van der Waals surface area (Å²) in [4.78, 5) is 12.7. The Balaban J connectivity index is 1.57. The molecule has 0 spiro atoms. The van der Waals surface area contributed by atoms with E-state index in [1.54, 1.807) is 36.9 Å². The predicted octanol–water partition coefficient (Wildman–Crippen LogP) is 3.32. The molecule has 1 heterocycles. The highest BCUT2D eigenvalue weighted by molar-refractivity contribution is 7.98. The molecule has 1 aliphatic heterocycles. The van der Waals surface area contributed by atoms with E-state index >= 15 is 0 Å². The first-order chi connectivity index (χ1) is 14.8. The van der Waals surface area contributed by atoms with Crippen molar-refractivity contribution in [1.82, 2.24) is 5.32 Å². The van der Waals surface area contributed by atoms with Crippen LogP contribution in [0.15, 0.2) is 42.5 Å². The smallest absolute Gasteiger partial charge is 0.243 e. The number of carbonyl (C=O) groups is 1.